The van der Waals surface area contributed by atoms with Gasteiger partial charge in [0.25, 0.3) is 0 Å². The molecule has 18 heavy (non-hydrogen) atoms. The molecule has 0 aromatic carbocycles. The Hall–Kier alpha value is -0.130. The van der Waals surface area contributed by atoms with E-state index >= 15 is 0 Å². The van der Waals surface area contributed by atoms with Crippen molar-refractivity contribution >= 4 is 9.84 Å². The highest BCUT2D eigenvalue weighted by Gasteiger charge is 2.13. The van der Waals surface area contributed by atoms with Crippen LogP contribution in [0.15, 0.2) is 0 Å². The molecule has 0 radical (unpaired) electrons. The lowest BCUT2D eigenvalue weighted by Crippen LogP contribution is -2.40. The third-order valence-electron chi connectivity index (χ3n) is 3.15. The highest BCUT2D eigenvalue weighted by molar-refractivity contribution is 7.90. The number of hydrogen-bond acceptors (Lipinski definition) is 4. The van der Waals surface area contributed by atoms with Crippen LogP contribution in [-0.4, -0.2) is 26.5 Å². The van der Waals surface area contributed by atoms with Crippen LogP contribution in [0.25, 0.3) is 0 Å². The van der Waals surface area contributed by atoms with Crippen LogP contribution in [0.4, 0.5) is 0 Å². The Morgan fingerprint density at radius 2 is 1.50 bits per heavy atom. The van der Waals surface area contributed by atoms with Crippen molar-refractivity contribution < 1.29 is 8.42 Å². The lowest BCUT2D eigenvalue weighted by atomic mass is 10.1. The second-order valence-corrected chi connectivity index (χ2v) is 7.40. The molecule has 110 valence electrons. The first-order chi connectivity index (χ1) is 8.49. The maximum atomic E-state index is 11.1. The van der Waals surface area contributed by atoms with Gasteiger partial charge in [-0.3, -0.25) is 11.3 Å². The molecule has 0 heterocycles. The maximum Gasteiger partial charge on any atom is 0.149 e. The van der Waals surface area contributed by atoms with E-state index in [4.69, 9.17) is 5.84 Å². The number of sulfone groups is 1. The predicted octanol–water partition coefficient (Wildman–Crippen LogP) is 2.39. The lowest BCUT2D eigenvalue weighted by Gasteiger charge is -2.14. The molecular formula is C13H30N2O2S. The molecule has 5 heteroatoms. The van der Waals surface area contributed by atoms with Gasteiger partial charge < -0.3 is 0 Å². The summed E-state index contributed by atoms with van der Waals surface area (Å²) in [5, 5.41) is 0. The van der Waals surface area contributed by atoms with Crippen molar-refractivity contribution in [2.75, 3.05) is 12.0 Å². The van der Waals surface area contributed by atoms with E-state index in [9.17, 15) is 8.42 Å². The van der Waals surface area contributed by atoms with Crippen LogP contribution in [0.2, 0.25) is 0 Å². The van der Waals surface area contributed by atoms with Crippen molar-refractivity contribution in [3.8, 4) is 0 Å². The van der Waals surface area contributed by atoms with Crippen LogP contribution in [0, 0.1) is 0 Å². The zero-order chi connectivity index (χ0) is 13.9. The van der Waals surface area contributed by atoms with Gasteiger partial charge in [0.2, 0.25) is 0 Å². The minimum Gasteiger partial charge on any atom is -0.271 e. The zero-order valence-corrected chi connectivity index (χ0v) is 12.8. The van der Waals surface area contributed by atoms with E-state index in [1.165, 1.54) is 51.2 Å². The molecule has 0 saturated carbocycles. The normalized spacial score (nSPS) is 13.7. The van der Waals surface area contributed by atoms with Gasteiger partial charge in [0.15, 0.2) is 0 Å². The Morgan fingerprint density at radius 1 is 1.00 bits per heavy atom. The van der Waals surface area contributed by atoms with Crippen LogP contribution < -0.4 is 11.3 Å². The molecule has 0 amide bonds. The van der Waals surface area contributed by atoms with Gasteiger partial charge in [0, 0.05) is 12.3 Å². The zero-order valence-electron chi connectivity index (χ0n) is 12.0. The molecule has 0 spiro atoms. The average Bonchev–Trinajstić information content (AvgIpc) is 2.29. The molecule has 1 unspecified atom stereocenters. The van der Waals surface area contributed by atoms with Crippen LogP contribution in [0.1, 0.15) is 64.7 Å². The van der Waals surface area contributed by atoms with Crippen LogP contribution in [0.5, 0.6) is 0 Å². The highest BCUT2D eigenvalue weighted by Crippen LogP contribution is 2.11. The summed E-state index contributed by atoms with van der Waals surface area (Å²) in [4.78, 5) is 0. The first-order valence-electron chi connectivity index (χ1n) is 7.13. The molecule has 0 rings (SSSR count). The van der Waals surface area contributed by atoms with Gasteiger partial charge in [0.1, 0.15) is 9.84 Å². The van der Waals surface area contributed by atoms with Crippen LogP contribution in [-0.2, 0) is 9.84 Å². The van der Waals surface area contributed by atoms with Crippen molar-refractivity contribution in [3.05, 3.63) is 0 Å². The van der Waals surface area contributed by atoms with Gasteiger partial charge in [-0.15, -0.1) is 0 Å². The maximum absolute atomic E-state index is 11.1. The summed E-state index contributed by atoms with van der Waals surface area (Å²) in [7, 11) is -2.94. The first kappa shape index (κ1) is 17.9. The highest BCUT2D eigenvalue weighted by atomic mass is 32.2. The molecule has 0 aliphatic carbocycles. The second-order valence-electron chi connectivity index (χ2n) is 5.22. The lowest BCUT2D eigenvalue weighted by molar-refractivity contribution is 0.482. The number of nitrogens with two attached hydrogens (primary N) is 1. The van der Waals surface area contributed by atoms with E-state index in [0.29, 0.717) is 0 Å². The summed E-state index contributed by atoms with van der Waals surface area (Å²) in [6.07, 6.45) is 12.2. The van der Waals surface area contributed by atoms with Crippen molar-refractivity contribution in [1.29, 1.82) is 0 Å². The largest absolute Gasteiger partial charge is 0.271 e. The van der Waals surface area contributed by atoms with E-state index in [2.05, 4.69) is 12.3 Å². The second kappa shape index (κ2) is 10.8. The van der Waals surface area contributed by atoms with Gasteiger partial charge in [-0.1, -0.05) is 58.3 Å². The summed E-state index contributed by atoms with van der Waals surface area (Å²) in [6, 6.07) is -0.0971. The standard InChI is InChI=1S/C13H30N2O2S/c1-3-4-5-6-7-8-9-10-11-13(15-14)12-18(2,16)17/h13,15H,3-12,14H2,1-2H3. The van der Waals surface area contributed by atoms with Gasteiger partial charge in [-0.25, -0.2) is 8.42 Å². The summed E-state index contributed by atoms with van der Waals surface area (Å²) >= 11 is 0. The molecule has 3 N–H and O–H groups in total. The predicted molar refractivity (Wildman–Crippen MR) is 78.0 cm³/mol. The van der Waals surface area contributed by atoms with E-state index in [1.807, 2.05) is 0 Å². The number of nitrogens with one attached hydrogen (secondary N) is 1. The molecular weight excluding hydrogens is 248 g/mol. The first-order valence-corrected chi connectivity index (χ1v) is 9.19. The van der Waals surface area contributed by atoms with Crippen LogP contribution >= 0.6 is 0 Å². The quantitative estimate of drug-likeness (QED) is 0.327. The molecule has 0 aliphatic rings. The summed E-state index contributed by atoms with van der Waals surface area (Å²) in [6.45, 7) is 2.22. The Bertz CT molecular complexity index is 279. The van der Waals surface area contributed by atoms with Gasteiger partial charge in [-0.05, 0) is 6.42 Å². The number of hydrazine groups is 1. The van der Waals surface area contributed by atoms with Crippen molar-refractivity contribution in [1.82, 2.24) is 5.43 Å². The Kier molecular flexibility index (Phi) is 10.7. The van der Waals surface area contributed by atoms with E-state index in [1.54, 1.807) is 0 Å². The minimum atomic E-state index is -2.94. The summed E-state index contributed by atoms with van der Waals surface area (Å²) < 4.78 is 22.3. The fraction of sp³-hybridized carbons (Fsp3) is 1.00. The molecule has 0 fully saturated rings. The SMILES string of the molecule is CCCCCCCCCCC(CS(C)(=O)=O)NN. The van der Waals surface area contributed by atoms with E-state index < -0.39 is 9.84 Å². The summed E-state index contributed by atoms with van der Waals surface area (Å²) in [5.74, 6) is 5.50. The molecule has 1 atom stereocenters. The van der Waals surface area contributed by atoms with Gasteiger partial charge in [0.05, 0.1) is 5.75 Å². The van der Waals surface area contributed by atoms with E-state index in [0.717, 1.165) is 12.8 Å². The Balaban J connectivity index is 3.46. The molecule has 0 aromatic rings. The van der Waals surface area contributed by atoms with E-state index in [-0.39, 0.29) is 11.8 Å². The van der Waals surface area contributed by atoms with Crippen molar-refractivity contribution in [3.63, 3.8) is 0 Å². The number of unbranched alkanes of at least 4 members (excludes halogenated alkanes) is 7. The van der Waals surface area contributed by atoms with Gasteiger partial charge in [-0.2, -0.15) is 0 Å². The summed E-state index contributed by atoms with van der Waals surface area (Å²) in [5.41, 5.74) is 2.60. The third-order valence-corrected chi connectivity index (χ3v) is 4.15. The topological polar surface area (TPSA) is 72.2 Å². The van der Waals surface area contributed by atoms with Gasteiger partial charge >= 0.3 is 0 Å². The fourth-order valence-corrected chi connectivity index (χ4v) is 3.10. The minimum absolute atomic E-state index is 0.0971. The fourth-order valence-electron chi connectivity index (χ4n) is 2.10. The molecule has 0 saturated heterocycles. The molecule has 4 nitrogen and oxygen atoms in total. The third kappa shape index (κ3) is 12.3. The smallest absolute Gasteiger partial charge is 0.149 e. The van der Waals surface area contributed by atoms with Crippen LogP contribution in [0.3, 0.4) is 0 Å². The average molecular weight is 278 g/mol. The Morgan fingerprint density at radius 3 is 1.94 bits per heavy atom. The molecule has 0 aromatic heterocycles. The number of hydrogen-bond donors (Lipinski definition) is 2. The van der Waals surface area contributed by atoms with Crippen molar-refractivity contribution in [2.24, 2.45) is 5.84 Å². The molecule has 0 bridgehead atoms. The monoisotopic (exact) mass is 278 g/mol. The Labute approximate surface area is 113 Å². The van der Waals surface area contributed by atoms with Crippen molar-refractivity contribution in [2.45, 2.75) is 70.8 Å². The number of rotatable bonds is 12. The molecule has 0 aliphatic heterocycles.